The number of esters is 1. The monoisotopic (exact) mass is 322 g/mol. The lowest BCUT2D eigenvalue weighted by Crippen LogP contribution is -2.39. The molecule has 0 amide bonds. The second-order valence-corrected chi connectivity index (χ2v) is 6.24. The lowest BCUT2D eigenvalue weighted by Gasteiger charge is -2.29. The summed E-state index contributed by atoms with van der Waals surface area (Å²) in [5.41, 5.74) is -0.0896. The molecular weight excluding hydrogens is 308 g/mol. The first-order valence-corrected chi connectivity index (χ1v) is 7.44. The SMILES string of the molecule is O=C1OC2(CCCCC2)C(=O)C1c1ccc(Br)cc1. The highest BCUT2D eigenvalue weighted by atomic mass is 79.9. The summed E-state index contributed by atoms with van der Waals surface area (Å²) in [6.07, 6.45) is 4.42. The van der Waals surface area contributed by atoms with E-state index < -0.39 is 11.5 Å². The fourth-order valence-corrected chi connectivity index (χ4v) is 3.35. The summed E-state index contributed by atoms with van der Waals surface area (Å²) >= 11 is 3.35. The van der Waals surface area contributed by atoms with E-state index in [1.807, 2.05) is 24.3 Å². The van der Waals surface area contributed by atoms with Crippen molar-refractivity contribution in [2.24, 2.45) is 0 Å². The maximum absolute atomic E-state index is 12.6. The van der Waals surface area contributed by atoms with Crippen molar-refractivity contribution in [1.29, 1.82) is 0 Å². The second-order valence-electron chi connectivity index (χ2n) is 5.32. The number of halogens is 1. The summed E-state index contributed by atoms with van der Waals surface area (Å²) in [5, 5.41) is 0. The lowest BCUT2D eigenvalue weighted by molar-refractivity contribution is -0.154. The molecule has 1 atom stereocenters. The molecule has 2 fully saturated rings. The summed E-state index contributed by atoms with van der Waals surface area (Å²) in [6.45, 7) is 0. The Hall–Kier alpha value is -1.16. The van der Waals surface area contributed by atoms with E-state index in [4.69, 9.17) is 4.74 Å². The number of carbonyl (C=O) groups excluding carboxylic acids is 2. The molecule has 0 radical (unpaired) electrons. The predicted octanol–water partition coefficient (Wildman–Crippen LogP) is 3.36. The normalized spacial score (nSPS) is 25.6. The van der Waals surface area contributed by atoms with Gasteiger partial charge in [0.1, 0.15) is 5.92 Å². The number of ketones is 1. The standard InChI is InChI=1S/C15H15BrO3/c16-11-6-4-10(5-7-11)12-13(17)15(19-14(12)18)8-2-1-3-9-15/h4-7,12H,1-3,8-9H2. The van der Waals surface area contributed by atoms with Crippen LogP contribution in [0.3, 0.4) is 0 Å². The van der Waals surface area contributed by atoms with Gasteiger partial charge < -0.3 is 4.74 Å². The second kappa shape index (κ2) is 4.75. The zero-order valence-corrected chi connectivity index (χ0v) is 12.1. The van der Waals surface area contributed by atoms with Gasteiger partial charge in [-0.15, -0.1) is 0 Å². The van der Waals surface area contributed by atoms with E-state index in [1.165, 1.54) is 0 Å². The van der Waals surface area contributed by atoms with Gasteiger partial charge in [-0.05, 0) is 43.4 Å². The van der Waals surface area contributed by atoms with Crippen molar-refractivity contribution in [3.8, 4) is 0 Å². The van der Waals surface area contributed by atoms with Crippen molar-refractivity contribution in [2.45, 2.75) is 43.6 Å². The highest BCUT2D eigenvalue weighted by Gasteiger charge is 2.55. The number of Topliss-reactive ketones (excluding diaryl/α,β-unsaturated/α-hetero) is 1. The summed E-state index contributed by atoms with van der Waals surface area (Å²) in [5.74, 6) is -1.15. The molecule has 1 saturated heterocycles. The summed E-state index contributed by atoms with van der Waals surface area (Å²) in [6, 6.07) is 7.33. The first-order valence-electron chi connectivity index (χ1n) is 6.65. The molecule has 1 aromatic rings. The van der Waals surface area contributed by atoms with Gasteiger partial charge >= 0.3 is 5.97 Å². The summed E-state index contributed by atoms with van der Waals surface area (Å²) in [7, 11) is 0. The Morgan fingerprint density at radius 2 is 1.68 bits per heavy atom. The minimum Gasteiger partial charge on any atom is -0.450 e. The Morgan fingerprint density at radius 1 is 1.05 bits per heavy atom. The molecule has 4 heteroatoms. The van der Waals surface area contributed by atoms with Crippen molar-refractivity contribution in [3.05, 3.63) is 34.3 Å². The van der Waals surface area contributed by atoms with E-state index in [1.54, 1.807) is 0 Å². The lowest BCUT2D eigenvalue weighted by atomic mass is 9.78. The molecule has 1 saturated carbocycles. The molecule has 1 spiro atoms. The minimum atomic E-state index is -0.826. The number of hydrogen-bond donors (Lipinski definition) is 0. The fourth-order valence-electron chi connectivity index (χ4n) is 3.09. The van der Waals surface area contributed by atoms with Gasteiger partial charge in [0.15, 0.2) is 11.4 Å². The molecule has 19 heavy (non-hydrogen) atoms. The van der Waals surface area contributed by atoms with Crippen LogP contribution in [0.4, 0.5) is 0 Å². The third kappa shape index (κ3) is 2.12. The molecule has 1 aromatic carbocycles. The van der Waals surface area contributed by atoms with Crippen LogP contribution in [0.25, 0.3) is 0 Å². The highest BCUT2D eigenvalue weighted by Crippen LogP contribution is 2.43. The number of rotatable bonds is 1. The first-order chi connectivity index (χ1) is 9.12. The van der Waals surface area contributed by atoms with Crippen LogP contribution in [0.1, 0.15) is 43.6 Å². The van der Waals surface area contributed by atoms with Crippen molar-refractivity contribution in [3.63, 3.8) is 0 Å². The van der Waals surface area contributed by atoms with Gasteiger partial charge in [-0.1, -0.05) is 34.5 Å². The van der Waals surface area contributed by atoms with Crippen LogP contribution >= 0.6 is 15.9 Å². The molecular formula is C15H15BrO3. The van der Waals surface area contributed by atoms with Crippen LogP contribution in [0.15, 0.2) is 28.7 Å². The van der Waals surface area contributed by atoms with Crippen LogP contribution in [-0.2, 0) is 14.3 Å². The molecule has 1 heterocycles. The van der Waals surface area contributed by atoms with Gasteiger partial charge in [0.05, 0.1) is 0 Å². The Balaban J connectivity index is 1.92. The van der Waals surface area contributed by atoms with E-state index in [-0.39, 0.29) is 11.8 Å². The van der Waals surface area contributed by atoms with Crippen molar-refractivity contribution >= 4 is 27.7 Å². The van der Waals surface area contributed by atoms with Crippen molar-refractivity contribution in [1.82, 2.24) is 0 Å². The van der Waals surface area contributed by atoms with Crippen LogP contribution < -0.4 is 0 Å². The van der Waals surface area contributed by atoms with Crippen LogP contribution in [0.5, 0.6) is 0 Å². The molecule has 3 nitrogen and oxygen atoms in total. The average Bonchev–Trinajstić information content (AvgIpc) is 2.64. The third-order valence-corrected chi connectivity index (χ3v) is 4.64. The molecule has 0 N–H and O–H groups in total. The molecule has 0 aromatic heterocycles. The van der Waals surface area contributed by atoms with Gasteiger partial charge in [-0.2, -0.15) is 0 Å². The van der Waals surface area contributed by atoms with Crippen LogP contribution in [-0.4, -0.2) is 17.4 Å². The molecule has 1 aliphatic heterocycles. The first kappa shape index (κ1) is 12.9. The van der Waals surface area contributed by atoms with Gasteiger partial charge in [0.25, 0.3) is 0 Å². The molecule has 1 aliphatic carbocycles. The van der Waals surface area contributed by atoms with E-state index in [9.17, 15) is 9.59 Å². The molecule has 3 rings (SSSR count). The quantitative estimate of drug-likeness (QED) is 0.588. The van der Waals surface area contributed by atoms with E-state index >= 15 is 0 Å². The third-order valence-electron chi connectivity index (χ3n) is 4.11. The Morgan fingerprint density at radius 3 is 2.32 bits per heavy atom. The van der Waals surface area contributed by atoms with Gasteiger partial charge in [-0.25, -0.2) is 0 Å². The van der Waals surface area contributed by atoms with E-state index in [0.29, 0.717) is 12.8 Å². The molecule has 100 valence electrons. The minimum absolute atomic E-state index is 0.0421. The maximum Gasteiger partial charge on any atom is 0.322 e. The average molecular weight is 323 g/mol. The van der Waals surface area contributed by atoms with E-state index in [2.05, 4.69) is 15.9 Å². The highest BCUT2D eigenvalue weighted by molar-refractivity contribution is 9.10. The van der Waals surface area contributed by atoms with E-state index in [0.717, 1.165) is 29.3 Å². The van der Waals surface area contributed by atoms with Crippen LogP contribution in [0.2, 0.25) is 0 Å². The zero-order chi connectivity index (χ0) is 13.5. The van der Waals surface area contributed by atoms with Gasteiger partial charge in [-0.3, -0.25) is 9.59 Å². The Labute approximate surface area is 120 Å². The summed E-state index contributed by atoms with van der Waals surface area (Å²) < 4.78 is 6.43. The predicted molar refractivity (Wildman–Crippen MR) is 73.8 cm³/mol. The topological polar surface area (TPSA) is 43.4 Å². The molecule has 0 bridgehead atoms. The Kier molecular flexibility index (Phi) is 3.21. The Bertz CT molecular complexity index is 515. The fraction of sp³-hybridized carbons (Fsp3) is 0.467. The molecule has 2 aliphatic rings. The van der Waals surface area contributed by atoms with Gasteiger partial charge in [0.2, 0.25) is 0 Å². The smallest absolute Gasteiger partial charge is 0.322 e. The largest absolute Gasteiger partial charge is 0.450 e. The number of benzene rings is 1. The van der Waals surface area contributed by atoms with Crippen molar-refractivity contribution in [2.75, 3.05) is 0 Å². The van der Waals surface area contributed by atoms with Crippen LogP contribution in [0, 0.1) is 0 Å². The number of carbonyl (C=O) groups is 2. The maximum atomic E-state index is 12.6. The number of ether oxygens (including phenoxy) is 1. The zero-order valence-electron chi connectivity index (χ0n) is 10.5. The number of hydrogen-bond acceptors (Lipinski definition) is 3. The molecule has 1 unspecified atom stereocenters. The summed E-state index contributed by atoms with van der Waals surface area (Å²) in [4.78, 5) is 24.7. The van der Waals surface area contributed by atoms with Gasteiger partial charge in [0, 0.05) is 4.47 Å². The van der Waals surface area contributed by atoms with Crippen molar-refractivity contribution < 1.29 is 14.3 Å².